The van der Waals surface area contributed by atoms with Gasteiger partial charge in [0.05, 0.1) is 0 Å². The van der Waals surface area contributed by atoms with Gasteiger partial charge < -0.3 is 0 Å². The number of aliphatic carboxylic acids is 1. The summed E-state index contributed by atoms with van der Waals surface area (Å²) in [5.41, 5.74) is 1.10. The van der Waals surface area contributed by atoms with E-state index in [1.807, 2.05) is 18.2 Å². The van der Waals surface area contributed by atoms with Gasteiger partial charge in [-0.25, -0.2) is 0 Å². The topological polar surface area (TPSA) is 105 Å². The molecule has 0 aliphatic rings. The Bertz CT molecular complexity index is 943. The third-order valence-corrected chi connectivity index (χ3v) is 10.1. The molecule has 2 rings (SSSR count). The summed E-state index contributed by atoms with van der Waals surface area (Å²) >= 11 is -0.418. The maximum absolute atomic E-state index is 12.9. The first-order valence-electron chi connectivity index (χ1n) is 9.60. The number of amides is 2. The molecule has 2 aromatic carbocycles. The van der Waals surface area contributed by atoms with Crippen LogP contribution in [0.15, 0.2) is 48.5 Å². The summed E-state index contributed by atoms with van der Waals surface area (Å²) in [6.07, 6.45) is 0. The van der Waals surface area contributed by atoms with Gasteiger partial charge in [0.25, 0.3) is 0 Å². The predicted octanol–water partition coefficient (Wildman–Crippen LogP) is 2.29. The molecule has 0 heterocycles. The Labute approximate surface area is 186 Å². The number of ether oxygens (including phenoxy) is 1. The van der Waals surface area contributed by atoms with Gasteiger partial charge in [0.2, 0.25) is 0 Å². The molecule has 0 radical (unpaired) electrons. The molecule has 30 heavy (non-hydrogen) atoms. The SMILES string of the molecule is [2H]CC(=O)N[C@H](C(=O)O)C(C)(C)S[Se]c1c(OC)cccc1C(=O)Nc1ccccc1. The molecule has 0 aliphatic heterocycles. The van der Waals surface area contributed by atoms with Crippen LogP contribution in [-0.4, -0.2) is 54.6 Å². The molecule has 0 aromatic heterocycles. The molecule has 3 N–H and O–H groups in total. The first-order valence-corrected chi connectivity index (χ1v) is 12.6. The number of hydrogen-bond acceptors (Lipinski definition) is 5. The van der Waals surface area contributed by atoms with E-state index in [0.29, 0.717) is 21.5 Å². The van der Waals surface area contributed by atoms with E-state index in [-0.39, 0.29) is 5.91 Å². The van der Waals surface area contributed by atoms with Crippen LogP contribution in [0.4, 0.5) is 5.69 Å². The van der Waals surface area contributed by atoms with Crippen molar-refractivity contribution in [1.29, 1.82) is 0 Å². The number of hydrogen-bond donors (Lipinski definition) is 3. The van der Waals surface area contributed by atoms with E-state index in [1.54, 1.807) is 44.2 Å². The molecule has 0 saturated carbocycles. The molecule has 0 saturated heterocycles. The van der Waals surface area contributed by atoms with E-state index < -0.39 is 43.4 Å². The van der Waals surface area contributed by atoms with Gasteiger partial charge in [-0.2, -0.15) is 0 Å². The van der Waals surface area contributed by atoms with Crippen molar-refractivity contribution >= 4 is 51.9 Å². The van der Waals surface area contributed by atoms with Gasteiger partial charge in [0.1, 0.15) is 0 Å². The summed E-state index contributed by atoms with van der Waals surface area (Å²) in [6.45, 7) is 2.87. The van der Waals surface area contributed by atoms with Crippen LogP contribution in [0.2, 0.25) is 0 Å². The second kappa shape index (κ2) is 10.5. The molecule has 0 fully saturated rings. The van der Waals surface area contributed by atoms with Crippen molar-refractivity contribution in [3.63, 3.8) is 0 Å². The first-order chi connectivity index (χ1) is 14.7. The Hall–Kier alpha value is -2.48. The van der Waals surface area contributed by atoms with E-state index in [4.69, 9.17) is 6.11 Å². The van der Waals surface area contributed by atoms with Crippen LogP contribution in [0.5, 0.6) is 5.75 Å². The number of benzene rings is 2. The van der Waals surface area contributed by atoms with Crippen molar-refractivity contribution in [3.05, 3.63) is 54.1 Å². The van der Waals surface area contributed by atoms with Crippen LogP contribution in [0.25, 0.3) is 0 Å². The molecule has 0 unspecified atom stereocenters. The zero-order valence-corrected chi connectivity index (χ0v) is 19.3. The molecular formula is C21H24N2O5SSe. The zero-order chi connectivity index (χ0) is 23.0. The van der Waals surface area contributed by atoms with Crippen molar-refractivity contribution in [3.8, 4) is 5.75 Å². The van der Waals surface area contributed by atoms with Crippen LogP contribution in [0.1, 0.15) is 32.5 Å². The summed E-state index contributed by atoms with van der Waals surface area (Å²) in [5.74, 6) is -1.60. The third-order valence-electron chi connectivity index (χ3n) is 4.06. The molecule has 2 aromatic rings. The van der Waals surface area contributed by atoms with E-state index in [2.05, 4.69) is 10.6 Å². The summed E-state index contributed by atoms with van der Waals surface area (Å²) in [6, 6.07) is 13.1. The molecule has 2 amide bonds. The molecule has 7 nitrogen and oxygen atoms in total. The quantitative estimate of drug-likeness (QED) is 0.461. The van der Waals surface area contributed by atoms with E-state index in [9.17, 15) is 19.5 Å². The Balaban J connectivity index is 2.27. The average molecular weight is 496 g/mol. The third kappa shape index (κ3) is 6.26. The van der Waals surface area contributed by atoms with Crippen LogP contribution in [0.3, 0.4) is 0 Å². The number of methoxy groups -OCH3 is 1. The number of carboxylic acids is 1. The first kappa shape index (κ1) is 22.2. The molecule has 0 spiro atoms. The van der Waals surface area contributed by atoms with Crippen molar-refractivity contribution in [2.75, 3.05) is 12.4 Å². The number of carbonyl (C=O) groups is 3. The second-order valence-electron chi connectivity index (χ2n) is 6.77. The normalized spacial score (nSPS) is 12.4. The van der Waals surface area contributed by atoms with Gasteiger partial charge in [-0.3, -0.25) is 0 Å². The summed E-state index contributed by atoms with van der Waals surface area (Å²) in [5, 5.41) is 14.8. The number of anilines is 1. The minimum atomic E-state index is -1.19. The van der Waals surface area contributed by atoms with Crippen LogP contribution < -0.4 is 19.8 Å². The molecule has 1 atom stereocenters. The van der Waals surface area contributed by atoms with Crippen molar-refractivity contribution in [2.45, 2.75) is 31.5 Å². The molecule has 9 heteroatoms. The fourth-order valence-corrected chi connectivity index (χ4v) is 7.50. The number of nitrogens with one attached hydrogen (secondary N) is 2. The number of para-hydroxylation sites is 1. The predicted molar refractivity (Wildman–Crippen MR) is 120 cm³/mol. The van der Waals surface area contributed by atoms with E-state index in [0.717, 1.165) is 0 Å². The molecular weight excluding hydrogens is 471 g/mol. The Morgan fingerprint density at radius 3 is 2.47 bits per heavy atom. The van der Waals surface area contributed by atoms with Gasteiger partial charge in [0, 0.05) is 0 Å². The summed E-state index contributed by atoms with van der Waals surface area (Å²) < 4.78 is 12.4. The second-order valence-corrected chi connectivity index (χ2v) is 11.1. The van der Waals surface area contributed by atoms with E-state index in [1.165, 1.54) is 17.3 Å². The minimum absolute atomic E-state index is 0.294. The monoisotopic (exact) mass is 497 g/mol. The van der Waals surface area contributed by atoms with Gasteiger partial charge in [-0.05, 0) is 0 Å². The Morgan fingerprint density at radius 1 is 1.17 bits per heavy atom. The van der Waals surface area contributed by atoms with Gasteiger partial charge >= 0.3 is 187 Å². The van der Waals surface area contributed by atoms with Crippen LogP contribution >= 0.6 is 10.2 Å². The fourth-order valence-electron chi connectivity index (χ4n) is 2.55. The number of rotatable bonds is 9. The van der Waals surface area contributed by atoms with Gasteiger partial charge in [0.15, 0.2) is 0 Å². The molecule has 0 aliphatic carbocycles. The van der Waals surface area contributed by atoms with Crippen molar-refractivity contribution in [1.82, 2.24) is 5.32 Å². The summed E-state index contributed by atoms with van der Waals surface area (Å²) in [4.78, 5) is 36.3. The van der Waals surface area contributed by atoms with Crippen molar-refractivity contribution < 1.29 is 25.6 Å². The average Bonchev–Trinajstić information content (AvgIpc) is 2.75. The summed E-state index contributed by atoms with van der Waals surface area (Å²) in [7, 11) is 2.85. The Morgan fingerprint density at radius 2 is 1.87 bits per heavy atom. The van der Waals surface area contributed by atoms with Gasteiger partial charge in [-0.15, -0.1) is 0 Å². The number of carbonyl (C=O) groups excluding carboxylic acids is 2. The Kier molecular flexibility index (Phi) is 7.79. The van der Waals surface area contributed by atoms with Crippen LogP contribution in [-0.2, 0) is 9.59 Å². The van der Waals surface area contributed by atoms with Crippen molar-refractivity contribution in [2.24, 2.45) is 0 Å². The molecule has 160 valence electrons. The van der Waals surface area contributed by atoms with Crippen LogP contribution in [0, 0.1) is 0 Å². The fraction of sp³-hybridized carbons (Fsp3) is 0.286. The molecule has 0 bridgehead atoms. The van der Waals surface area contributed by atoms with E-state index >= 15 is 0 Å². The van der Waals surface area contributed by atoms with Gasteiger partial charge in [-0.1, -0.05) is 0 Å². The number of carboxylic acid groups (broad SMARTS) is 1. The standard InChI is InChI=1S/C21H24N2O5SSe/c1-13(24)22-18(20(26)27)21(2,3)29-30-17-15(11-8-12-16(17)28-4)19(25)23-14-9-6-5-7-10-14/h5-12,18H,1-4H3,(H,22,24)(H,23,25)(H,26,27)/t18-/m1/s1/i1D. The zero-order valence-electron chi connectivity index (χ0n) is 17.8. The maximum atomic E-state index is 12.9.